The minimum absolute atomic E-state index is 0.348. The second-order valence-corrected chi connectivity index (χ2v) is 9.87. The maximum atomic E-state index is 12.9. The monoisotopic (exact) mass is 513 g/mol. The van der Waals surface area contributed by atoms with Crippen molar-refractivity contribution in [1.29, 1.82) is 0 Å². The lowest BCUT2D eigenvalue weighted by Crippen LogP contribution is -2.52. The van der Waals surface area contributed by atoms with Gasteiger partial charge in [0, 0.05) is 31.9 Å². The molecule has 198 valence electrons. The summed E-state index contributed by atoms with van der Waals surface area (Å²) in [5.41, 5.74) is 4.82. The fourth-order valence-electron chi connectivity index (χ4n) is 4.83. The summed E-state index contributed by atoms with van der Waals surface area (Å²) in [7, 11) is 2.76. The number of anilines is 1. The first kappa shape index (κ1) is 27.1. The van der Waals surface area contributed by atoms with E-state index in [4.69, 9.17) is 0 Å². The van der Waals surface area contributed by atoms with Gasteiger partial charge in [-0.2, -0.15) is 0 Å². The van der Waals surface area contributed by atoms with Gasteiger partial charge in [0.1, 0.15) is 6.61 Å². The Morgan fingerprint density at radius 2 is 1.55 bits per heavy atom. The Balaban J connectivity index is 1.29. The fourth-order valence-corrected chi connectivity index (χ4v) is 4.83. The van der Waals surface area contributed by atoms with Gasteiger partial charge in [0.25, 0.3) is 5.91 Å². The van der Waals surface area contributed by atoms with E-state index in [1.165, 1.54) is 32.5 Å². The Morgan fingerprint density at radius 1 is 0.921 bits per heavy atom. The number of hydrogen-bond acceptors (Lipinski definition) is 5. The molecule has 1 aliphatic carbocycles. The van der Waals surface area contributed by atoms with Gasteiger partial charge in [-0.3, -0.25) is 14.4 Å². The van der Waals surface area contributed by atoms with Crippen LogP contribution < -0.4 is 10.6 Å². The van der Waals surface area contributed by atoms with E-state index in [1.807, 2.05) is 24.3 Å². The predicted molar refractivity (Wildman–Crippen MR) is 149 cm³/mol. The number of amides is 2. The molecule has 3 N–H and O–H groups in total. The van der Waals surface area contributed by atoms with Crippen LogP contribution in [-0.2, 0) is 16.0 Å². The van der Waals surface area contributed by atoms with Crippen molar-refractivity contribution in [2.24, 2.45) is 11.8 Å². The molecule has 3 aromatic carbocycles. The van der Waals surface area contributed by atoms with E-state index in [0.717, 1.165) is 46.5 Å². The van der Waals surface area contributed by atoms with E-state index >= 15 is 0 Å². The normalized spacial score (nSPS) is 16.8. The van der Waals surface area contributed by atoms with Crippen molar-refractivity contribution < 1.29 is 19.5 Å². The molecule has 7 nitrogen and oxygen atoms in total. The van der Waals surface area contributed by atoms with Crippen molar-refractivity contribution in [2.45, 2.75) is 25.3 Å². The number of rotatable bonds is 12. The van der Waals surface area contributed by atoms with Crippen LogP contribution in [0.3, 0.4) is 0 Å². The highest BCUT2D eigenvalue weighted by Gasteiger charge is 2.36. The average Bonchev–Trinajstić information content (AvgIpc) is 3.73. The number of carbonyl (C=O) groups is 3. The lowest BCUT2D eigenvalue weighted by Gasteiger charge is -2.25. The highest BCUT2D eigenvalue weighted by molar-refractivity contribution is 6.10. The molecule has 0 bridgehead atoms. The molecular weight excluding hydrogens is 478 g/mol. The molecule has 1 fully saturated rings. The zero-order valence-electron chi connectivity index (χ0n) is 21.9. The Hall–Kier alpha value is -3.97. The molecule has 1 aliphatic rings. The number of nitrogens with zero attached hydrogens (tertiary/aromatic N) is 1. The molecule has 1 saturated carbocycles. The van der Waals surface area contributed by atoms with E-state index in [0.29, 0.717) is 5.56 Å². The third kappa shape index (κ3) is 6.66. The van der Waals surface area contributed by atoms with Gasteiger partial charge in [-0.1, -0.05) is 54.6 Å². The Labute approximate surface area is 223 Å². The van der Waals surface area contributed by atoms with Crippen LogP contribution in [0.5, 0.6) is 0 Å². The van der Waals surface area contributed by atoms with Gasteiger partial charge in [-0.15, -0.1) is 0 Å². The number of nitrogens with one attached hydrogen (secondary N) is 2. The number of hydrogen-bond donors (Lipinski definition) is 3. The molecule has 7 heteroatoms. The van der Waals surface area contributed by atoms with Gasteiger partial charge in [0.15, 0.2) is 11.8 Å². The second-order valence-electron chi connectivity index (χ2n) is 9.87. The van der Waals surface area contributed by atoms with Gasteiger partial charge in [0.05, 0.1) is 0 Å². The molecule has 4 rings (SSSR count). The van der Waals surface area contributed by atoms with Crippen LogP contribution >= 0.6 is 0 Å². The summed E-state index contributed by atoms with van der Waals surface area (Å²) in [4.78, 5) is 38.1. The van der Waals surface area contributed by atoms with Crippen LogP contribution in [-0.4, -0.2) is 60.9 Å². The smallest absolute Gasteiger partial charge is 0.254 e. The number of Topliss-reactive ketones (excluding diaryl/α,β-unsaturated/α-hetero) is 1. The lowest BCUT2D eigenvalue weighted by molar-refractivity contribution is -0.135. The molecule has 0 aromatic heterocycles. The molecule has 0 saturated heterocycles. The predicted octanol–water partition coefficient (Wildman–Crippen LogP) is 3.78. The van der Waals surface area contributed by atoms with Gasteiger partial charge in [-0.25, -0.2) is 0 Å². The van der Waals surface area contributed by atoms with Crippen molar-refractivity contribution in [3.63, 3.8) is 0 Å². The number of aryl methyl sites for hydroxylation is 1. The van der Waals surface area contributed by atoms with E-state index in [1.54, 1.807) is 12.1 Å². The molecular formula is C31H35N3O4. The van der Waals surface area contributed by atoms with Crippen LogP contribution in [0.4, 0.5) is 5.69 Å². The summed E-state index contributed by atoms with van der Waals surface area (Å²) in [5, 5.41) is 15.1. The number of aliphatic hydroxyl groups excluding tert-OH is 1. The number of carbonyl (C=O) groups excluding carboxylic acids is 3. The van der Waals surface area contributed by atoms with Crippen LogP contribution in [0.2, 0.25) is 0 Å². The van der Waals surface area contributed by atoms with Gasteiger partial charge in [0.2, 0.25) is 5.91 Å². The molecule has 3 atom stereocenters. The number of likely N-dealkylation sites (N-methyl/N-ethyl adjacent to an activating group) is 2. The first-order valence-corrected chi connectivity index (χ1v) is 13.0. The zero-order chi connectivity index (χ0) is 27.1. The van der Waals surface area contributed by atoms with Crippen molar-refractivity contribution in [2.75, 3.05) is 32.6 Å². The average molecular weight is 514 g/mol. The van der Waals surface area contributed by atoms with Gasteiger partial charge < -0.3 is 20.6 Å². The van der Waals surface area contributed by atoms with Crippen molar-refractivity contribution in [1.82, 2.24) is 10.2 Å². The molecule has 0 aliphatic heterocycles. The molecule has 0 heterocycles. The largest absolute Gasteiger partial charge is 0.388 e. The molecule has 2 amide bonds. The Bertz CT molecular complexity index is 1230. The van der Waals surface area contributed by atoms with Crippen LogP contribution in [0, 0.1) is 11.8 Å². The molecule has 38 heavy (non-hydrogen) atoms. The van der Waals surface area contributed by atoms with E-state index in [2.05, 4.69) is 53.1 Å². The molecule has 3 aromatic rings. The first-order chi connectivity index (χ1) is 18.4. The SMILES string of the molecule is CNC(=O)C(C(=O)CO)N(C)C(=O)c1ccc(-c2ccc(NCC3CC3CCc3ccccc3)cc2)cc1. The topological polar surface area (TPSA) is 98.7 Å². The molecule has 0 radical (unpaired) electrons. The van der Waals surface area contributed by atoms with Crippen LogP contribution in [0.15, 0.2) is 78.9 Å². The standard InChI is InChI=1S/C31H35N3O4/c1-32-30(37)29(28(36)20-35)34(2)31(38)24-12-10-22(11-13-24)23-14-16-27(17-15-23)33-19-26-18-25(26)9-8-21-6-4-3-5-7-21/h3-7,10-17,25-26,29,33,35H,8-9,18-20H2,1-2H3,(H,32,37). The van der Waals surface area contributed by atoms with E-state index in [9.17, 15) is 19.5 Å². The minimum atomic E-state index is -1.38. The summed E-state index contributed by atoms with van der Waals surface area (Å²) in [6.07, 6.45) is 3.68. The Morgan fingerprint density at radius 3 is 2.16 bits per heavy atom. The highest BCUT2D eigenvalue weighted by atomic mass is 16.3. The third-order valence-corrected chi connectivity index (χ3v) is 7.30. The van der Waals surface area contributed by atoms with Crippen LogP contribution in [0.1, 0.15) is 28.8 Å². The maximum Gasteiger partial charge on any atom is 0.254 e. The summed E-state index contributed by atoms with van der Waals surface area (Å²) >= 11 is 0. The quantitative estimate of drug-likeness (QED) is 0.320. The number of benzene rings is 3. The van der Waals surface area contributed by atoms with Crippen molar-refractivity contribution >= 4 is 23.3 Å². The highest BCUT2D eigenvalue weighted by Crippen LogP contribution is 2.42. The van der Waals surface area contributed by atoms with Crippen LogP contribution in [0.25, 0.3) is 11.1 Å². The summed E-state index contributed by atoms with van der Waals surface area (Å²) in [6.45, 7) is 0.161. The van der Waals surface area contributed by atoms with E-state index < -0.39 is 30.2 Å². The first-order valence-electron chi connectivity index (χ1n) is 13.0. The maximum absolute atomic E-state index is 12.9. The number of aliphatic hydroxyl groups is 1. The molecule has 3 unspecified atom stereocenters. The van der Waals surface area contributed by atoms with E-state index in [-0.39, 0.29) is 0 Å². The zero-order valence-corrected chi connectivity index (χ0v) is 21.9. The second kappa shape index (κ2) is 12.5. The summed E-state index contributed by atoms with van der Waals surface area (Å²) in [5.74, 6) is -0.328. The molecule has 0 spiro atoms. The minimum Gasteiger partial charge on any atom is -0.388 e. The van der Waals surface area contributed by atoms with Gasteiger partial charge >= 0.3 is 0 Å². The summed E-state index contributed by atoms with van der Waals surface area (Å²) < 4.78 is 0. The van der Waals surface area contributed by atoms with Crippen molar-refractivity contribution in [3.05, 3.63) is 90.0 Å². The number of ketones is 1. The third-order valence-electron chi connectivity index (χ3n) is 7.30. The fraction of sp³-hybridized carbons (Fsp3) is 0.323. The lowest BCUT2D eigenvalue weighted by atomic mass is 10.0. The Kier molecular flexibility index (Phi) is 8.92. The summed E-state index contributed by atoms with van der Waals surface area (Å²) in [6, 6.07) is 24.5. The van der Waals surface area contributed by atoms with Gasteiger partial charge in [-0.05, 0) is 72.1 Å². The van der Waals surface area contributed by atoms with Crippen molar-refractivity contribution in [3.8, 4) is 11.1 Å².